The maximum Gasteiger partial charge on any atom is 0.225 e. The molecular weight excluding hydrogens is 288 g/mol. The van der Waals surface area contributed by atoms with Crippen molar-refractivity contribution in [1.29, 1.82) is 0 Å². The largest absolute Gasteiger partial charge is 0.357 e. The summed E-state index contributed by atoms with van der Waals surface area (Å²) >= 11 is 0. The normalized spacial score (nSPS) is 26.5. The smallest absolute Gasteiger partial charge is 0.225 e. The summed E-state index contributed by atoms with van der Waals surface area (Å²) in [7, 11) is 0. The zero-order chi connectivity index (χ0) is 16.4. The second-order valence-electron chi connectivity index (χ2n) is 7.90. The van der Waals surface area contributed by atoms with Crippen molar-refractivity contribution in [1.82, 2.24) is 15.5 Å². The van der Waals surface area contributed by atoms with Crippen molar-refractivity contribution in [3.63, 3.8) is 0 Å². The van der Waals surface area contributed by atoms with Gasteiger partial charge in [-0.25, -0.2) is 0 Å². The van der Waals surface area contributed by atoms with Gasteiger partial charge < -0.3 is 15.5 Å². The number of nitrogens with zero attached hydrogens (tertiary/aromatic N) is 2. The van der Waals surface area contributed by atoms with Crippen molar-refractivity contribution in [3.8, 4) is 0 Å². The van der Waals surface area contributed by atoms with Gasteiger partial charge in [0.2, 0.25) is 5.91 Å². The number of rotatable bonds is 6. The van der Waals surface area contributed by atoms with Gasteiger partial charge in [0.1, 0.15) is 0 Å². The van der Waals surface area contributed by atoms with Crippen LogP contribution in [-0.4, -0.2) is 49.0 Å². The van der Waals surface area contributed by atoms with E-state index in [4.69, 9.17) is 4.99 Å². The van der Waals surface area contributed by atoms with Crippen molar-refractivity contribution in [2.24, 2.45) is 22.2 Å². The average Bonchev–Trinajstić information content (AvgIpc) is 3.42. The predicted molar refractivity (Wildman–Crippen MR) is 93.3 cm³/mol. The molecule has 3 aliphatic rings. The molecule has 3 fully saturated rings. The minimum atomic E-state index is 0.0870. The summed E-state index contributed by atoms with van der Waals surface area (Å²) in [5.74, 6) is 2.23. The molecule has 1 heterocycles. The van der Waals surface area contributed by atoms with Gasteiger partial charge in [-0.05, 0) is 50.4 Å². The molecule has 0 aromatic carbocycles. The van der Waals surface area contributed by atoms with Crippen LogP contribution in [0, 0.1) is 17.3 Å². The lowest BCUT2D eigenvalue weighted by Crippen LogP contribution is -2.45. The number of nitrogens with one attached hydrogen (secondary N) is 2. The summed E-state index contributed by atoms with van der Waals surface area (Å²) < 4.78 is 0. The van der Waals surface area contributed by atoms with Crippen LogP contribution in [0.25, 0.3) is 0 Å². The molecule has 2 saturated carbocycles. The van der Waals surface area contributed by atoms with E-state index >= 15 is 0 Å². The van der Waals surface area contributed by atoms with Crippen molar-refractivity contribution in [2.45, 2.75) is 58.9 Å². The van der Waals surface area contributed by atoms with Gasteiger partial charge >= 0.3 is 0 Å². The summed E-state index contributed by atoms with van der Waals surface area (Å²) in [6.07, 6.45) is 6.56. The van der Waals surface area contributed by atoms with Crippen LogP contribution in [-0.2, 0) is 4.79 Å². The topological polar surface area (TPSA) is 56.7 Å². The maximum absolute atomic E-state index is 12.1. The van der Waals surface area contributed by atoms with Gasteiger partial charge in [-0.3, -0.25) is 9.79 Å². The predicted octanol–water partition coefficient (Wildman–Crippen LogP) is 1.99. The molecule has 5 heteroatoms. The highest BCUT2D eigenvalue weighted by Gasteiger charge is 2.53. The van der Waals surface area contributed by atoms with Crippen LogP contribution in [0.3, 0.4) is 0 Å². The van der Waals surface area contributed by atoms with Crippen LogP contribution >= 0.6 is 0 Å². The van der Waals surface area contributed by atoms with Gasteiger partial charge in [0.15, 0.2) is 5.96 Å². The van der Waals surface area contributed by atoms with Crippen LogP contribution in [0.2, 0.25) is 0 Å². The summed E-state index contributed by atoms with van der Waals surface area (Å²) in [5.41, 5.74) is 0.539. The first kappa shape index (κ1) is 16.6. The maximum atomic E-state index is 12.1. The van der Waals surface area contributed by atoms with Crippen LogP contribution in [0.5, 0.6) is 0 Å². The van der Waals surface area contributed by atoms with E-state index in [-0.39, 0.29) is 11.8 Å². The number of hydrogen-bond donors (Lipinski definition) is 2. The number of likely N-dealkylation sites (tertiary alicyclic amines) is 1. The Labute approximate surface area is 140 Å². The molecular formula is C18H32N4O. The number of amides is 1. The van der Waals surface area contributed by atoms with Gasteiger partial charge in [0, 0.05) is 38.1 Å². The van der Waals surface area contributed by atoms with E-state index in [9.17, 15) is 4.79 Å². The van der Waals surface area contributed by atoms with E-state index in [0.29, 0.717) is 11.5 Å². The van der Waals surface area contributed by atoms with E-state index in [1.165, 1.54) is 25.7 Å². The SMILES string of the molecule is CCNC(=NCC1(C2CC2)CC1)NC1CCN(C(=O)C(C)C)C1. The highest BCUT2D eigenvalue weighted by Crippen LogP contribution is 2.61. The highest BCUT2D eigenvalue weighted by atomic mass is 16.2. The van der Waals surface area contributed by atoms with E-state index in [1.807, 2.05) is 18.7 Å². The molecule has 0 spiro atoms. The molecule has 5 nitrogen and oxygen atoms in total. The van der Waals surface area contributed by atoms with Crippen LogP contribution in [0.4, 0.5) is 0 Å². The van der Waals surface area contributed by atoms with E-state index in [1.54, 1.807) is 0 Å². The van der Waals surface area contributed by atoms with Crippen LogP contribution in [0.15, 0.2) is 4.99 Å². The highest BCUT2D eigenvalue weighted by molar-refractivity contribution is 5.81. The Morgan fingerprint density at radius 3 is 2.61 bits per heavy atom. The number of guanidine groups is 1. The zero-order valence-corrected chi connectivity index (χ0v) is 14.9. The molecule has 2 N–H and O–H groups in total. The molecule has 0 bridgehead atoms. The third-order valence-corrected chi connectivity index (χ3v) is 5.57. The number of aliphatic imine (C=N–C) groups is 1. The Hall–Kier alpha value is -1.26. The summed E-state index contributed by atoms with van der Waals surface area (Å²) in [5, 5.41) is 6.92. The lowest BCUT2D eigenvalue weighted by atomic mass is 10.0. The monoisotopic (exact) mass is 320 g/mol. The molecule has 1 aliphatic heterocycles. The summed E-state index contributed by atoms with van der Waals surface area (Å²) in [4.78, 5) is 19.0. The van der Waals surface area contributed by atoms with Gasteiger partial charge in [0.25, 0.3) is 0 Å². The molecule has 130 valence electrons. The Morgan fingerprint density at radius 1 is 1.30 bits per heavy atom. The number of hydrogen-bond acceptors (Lipinski definition) is 2. The third-order valence-electron chi connectivity index (χ3n) is 5.57. The quantitative estimate of drug-likeness (QED) is 0.581. The van der Waals surface area contributed by atoms with Crippen molar-refractivity contribution < 1.29 is 4.79 Å². The first-order valence-corrected chi connectivity index (χ1v) is 9.38. The summed E-state index contributed by atoms with van der Waals surface area (Å²) in [6.45, 7) is 9.56. The van der Waals surface area contributed by atoms with Gasteiger partial charge in [-0.1, -0.05) is 13.8 Å². The molecule has 0 radical (unpaired) electrons. The average molecular weight is 320 g/mol. The molecule has 3 rings (SSSR count). The second kappa shape index (κ2) is 6.70. The molecule has 1 atom stereocenters. The standard InChI is InChI=1S/C18H32N4O/c1-4-19-17(20-12-18(8-9-18)14-5-6-14)21-15-7-10-22(11-15)16(23)13(2)3/h13-15H,4-12H2,1-3H3,(H2,19,20,21). The van der Waals surface area contributed by atoms with E-state index in [2.05, 4.69) is 17.6 Å². The fourth-order valence-electron chi connectivity index (χ4n) is 3.75. The fourth-order valence-corrected chi connectivity index (χ4v) is 3.75. The van der Waals surface area contributed by atoms with Crippen LogP contribution in [0.1, 0.15) is 52.9 Å². The molecule has 1 amide bonds. The number of carbonyl (C=O) groups is 1. The molecule has 1 unspecified atom stereocenters. The first-order valence-electron chi connectivity index (χ1n) is 9.38. The van der Waals surface area contributed by atoms with E-state index in [0.717, 1.165) is 44.5 Å². The third kappa shape index (κ3) is 3.99. The summed E-state index contributed by atoms with van der Waals surface area (Å²) in [6, 6.07) is 0.326. The lowest BCUT2D eigenvalue weighted by molar-refractivity contribution is -0.133. The molecule has 2 aliphatic carbocycles. The Balaban J connectivity index is 1.52. The van der Waals surface area contributed by atoms with Gasteiger partial charge in [-0.15, -0.1) is 0 Å². The Bertz CT molecular complexity index is 466. The minimum Gasteiger partial charge on any atom is -0.357 e. The first-order chi connectivity index (χ1) is 11.0. The Morgan fingerprint density at radius 2 is 2.04 bits per heavy atom. The molecule has 0 aromatic heterocycles. The molecule has 23 heavy (non-hydrogen) atoms. The second-order valence-corrected chi connectivity index (χ2v) is 7.90. The van der Waals surface area contributed by atoms with Crippen molar-refractivity contribution in [2.75, 3.05) is 26.2 Å². The van der Waals surface area contributed by atoms with E-state index < -0.39 is 0 Å². The van der Waals surface area contributed by atoms with Gasteiger partial charge in [-0.2, -0.15) is 0 Å². The lowest BCUT2D eigenvalue weighted by Gasteiger charge is -2.21. The van der Waals surface area contributed by atoms with Gasteiger partial charge in [0.05, 0.1) is 0 Å². The van der Waals surface area contributed by atoms with Crippen LogP contribution < -0.4 is 10.6 Å². The Kier molecular flexibility index (Phi) is 4.83. The molecule has 1 saturated heterocycles. The fraction of sp³-hybridized carbons (Fsp3) is 0.889. The van der Waals surface area contributed by atoms with Crippen molar-refractivity contribution >= 4 is 11.9 Å². The minimum absolute atomic E-state index is 0.0870. The molecule has 0 aromatic rings. The number of carbonyl (C=O) groups excluding carboxylic acids is 1. The zero-order valence-electron chi connectivity index (χ0n) is 14.9. The van der Waals surface area contributed by atoms with Crippen molar-refractivity contribution in [3.05, 3.63) is 0 Å².